The summed E-state index contributed by atoms with van der Waals surface area (Å²) in [6, 6.07) is 7.60. The van der Waals surface area contributed by atoms with Crippen molar-refractivity contribution in [3.8, 4) is 5.75 Å². The summed E-state index contributed by atoms with van der Waals surface area (Å²) >= 11 is 0. The van der Waals surface area contributed by atoms with Gasteiger partial charge in [0.2, 0.25) is 5.91 Å². The molecule has 2 rings (SSSR count). The summed E-state index contributed by atoms with van der Waals surface area (Å²) in [7, 11) is 1.61. The molecule has 1 heterocycles. The Labute approximate surface area is 137 Å². The fraction of sp³-hybridized carbons (Fsp3) is 0.556. The van der Waals surface area contributed by atoms with Crippen LogP contribution >= 0.6 is 0 Å². The van der Waals surface area contributed by atoms with E-state index in [1.165, 1.54) is 0 Å². The number of piperidine rings is 1. The second kappa shape index (κ2) is 7.99. The van der Waals surface area contributed by atoms with E-state index in [9.17, 15) is 9.59 Å². The van der Waals surface area contributed by atoms with E-state index < -0.39 is 5.97 Å². The number of carbonyl (C=O) groups is 2. The summed E-state index contributed by atoms with van der Waals surface area (Å²) in [6.07, 6.45) is 3.58. The number of benzene rings is 1. The van der Waals surface area contributed by atoms with Crippen LogP contribution in [0.4, 0.5) is 0 Å². The molecule has 1 amide bonds. The lowest BCUT2D eigenvalue weighted by Crippen LogP contribution is -2.45. The number of methoxy groups -OCH3 is 1. The Balaban J connectivity index is 2.10. The Bertz CT molecular complexity index is 558. The third kappa shape index (κ3) is 4.47. The predicted molar refractivity (Wildman–Crippen MR) is 87.6 cm³/mol. The zero-order chi connectivity index (χ0) is 16.8. The molecule has 1 aromatic rings. The standard InChI is InChI=1S/C18H25NO4/c1-13(14-6-5-8-16(12-14)23-2)18(22)19-11-4-3-7-15(19)9-10-17(20)21/h5-6,8,12-13,15H,3-4,7,9-11H2,1-2H3,(H,20,21). The fourth-order valence-electron chi connectivity index (χ4n) is 3.18. The van der Waals surface area contributed by atoms with Crippen LogP contribution in [0, 0.1) is 0 Å². The molecule has 0 aliphatic carbocycles. The number of rotatable bonds is 6. The van der Waals surface area contributed by atoms with Gasteiger partial charge in [0, 0.05) is 19.0 Å². The van der Waals surface area contributed by atoms with Gasteiger partial charge in [0.05, 0.1) is 13.0 Å². The van der Waals surface area contributed by atoms with Gasteiger partial charge in [0.15, 0.2) is 0 Å². The van der Waals surface area contributed by atoms with Gasteiger partial charge in [-0.2, -0.15) is 0 Å². The maximum Gasteiger partial charge on any atom is 0.303 e. The lowest BCUT2D eigenvalue weighted by Gasteiger charge is -2.37. The molecule has 0 radical (unpaired) electrons. The highest BCUT2D eigenvalue weighted by Crippen LogP contribution is 2.27. The third-order valence-electron chi connectivity index (χ3n) is 4.57. The third-order valence-corrected chi connectivity index (χ3v) is 4.57. The number of hydrogen-bond donors (Lipinski definition) is 1. The van der Waals surface area contributed by atoms with Gasteiger partial charge in [0.25, 0.3) is 0 Å². The Kier molecular flexibility index (Phi) is 6.02. The van der Waals surface area contributed by atoms with Crippen molar-refractivity contribution < 1.29 is 19.4 Å². The van der Waals surface area contributed by atoms with Gasteiger partial charge in [-0.15, -0.1) is 0 Å². The normalized spacial score (nSPS) is 19.2. The maximum atomic E-state index is 12.9. The number of likely N-dealkylation sites (tertiary alicyclic amines) is 1. The van der Waals surface area contributed by atoms with Crippen molar-refractivity contribution in [2.24, 2.45) is 0 Å². The lowest BCUT2D eigenvalue weighted by atomic mass is 9.93. The summed E-state index contributed by atoms with van der Waals surface area (Å²) in [5, 5.41) is 8.90. The molecule has 126 valence electrons. The average Bonchev–Trinajstić information content (AvgIpc) is 2.59. The van der Waals surface area contributed by atoms with E-state index in [2.05, 4.69) is 0 Å². The van der Waals surface area contributed by atoms with Crippen molar-refractivity contribution in [2.75, 3.05) is 13.7 Å². The SMILES string of the molecule is COc1cccc(C(C)C(=O)N2CCCCC2CCC(=O)O)c1. The lowest BCUT2D eigenvalue weighted by molar-refractivity contribution is -0.140. The van der Waals surface area contributed by atoms with E-state index in [0.29, 0.717) is 6.42 Å². The van der Waals surface area contributed by atoms with Gasteiger partial charge in [0.1, 0.15) is 5.75 Å². The van der Waals surface area contributed by atoms with Crippen molar-refractivity contribution in [3.63, 3.8) is 0 Å². The molecular formula is C18H25NO4. The van der Waals surface area contributed by atoms with Gasteiger partial charge in [-0.05, 0) is 50.3 Å². The van der Waals surface area contributed by atoms with Gasteiger partial charge in [-0.3, -0.25) is 9.59 Å². The molecule has 5 heteroatoms. The number of hydrogen-bond acceptors (Lipinski definition) is 3. The number of aliphatic carboxylic acids is 1. The fourth-order valence-corrected chi connectivity index (χ4v) is 3.18. The molecule has 1 fully saturated rings. The molecule has 1 aromatic carbocycles. The number of nitrogens with zero attached hydrogens (tertiary/aromatic N) is 1. The Hall–Kier alpha value is -2.04. The molecule has 5 nitrogen and oxygen atoms in total. The summed E-state index contributed by atoms with van der Waals surface area (Å²) in [5.74, 6) is -0.240. The first-order valence-corrected chi connectivity index (χ1v) is 8.19. The highest BCUT2D eigenvalue weighted by Gasteiger charge is 2.30. The van der Waals surface area contributed by atoms with Crippen LogP contribution in [0.3, 0.4) is 0 Å². The number of amides is 1. The molecule has 2 atom stereocenters. The number of carboxylic acids is 1. The van der Waals surface area contributed by atoms with Crippen LogP contribution in [0.1, 0.15) is 50.5 Å². The van der Waals surface area contributed by atoms with Crippen LogP contribution in [0.15, 0.2) is 24.3 Å². The molecule has 1 aliphatic heterocycles. The van der Waals surface area contributed by atoms with Crippen molar-refractivity contribution in [3.05, 3.63) is 29.8 Å². The molecule has 1 saturated heterocycles. The number of carboxylic acid groups (broad SMARTS) is 1. The molecule has 2 unspecified atom stereocenters. The molecule has 0 aromatic heterocycles. The molecule has 0 saturated carbocycles. The minimum Gasteiger partial charge on any atom is -0.497 e. The summed E-state index contributed by atoms with van der Waals surface area (Å²) in [4.78, 5) is 25.6. The van der Waals surface area contributed by atoms with E-state index in [4.69, 9.17) is 9.84 Å². The van der Waals surface area contributed by atoms with Gasteiger partial charge < -0.3 is 14.7 Å². The van der Waals surface area contributed by atoms with Gasteiger partial charge >= 0.3 is 5.97 Å². The Morgan fingerprint density at radius 3 is 2.87 bits per heavy atom. The first-order valence-electron chi connectivity index (χ1n) is 8.19. The van der Waals surface area contributed by atoms with Crippen molar-refractivity contribution >= 4 is 11.9 Å². The molecule has 0 bridgehead atoms. The second-order valence-electron chi connectivity index (χ2n) is 6.11. The van der Waals surface area contributed by atoms with E-state index in [-0.39, 0.29) is 24.3 Å². The summed E-state index contributed by atoms with van der Waals surface area (Å²) in [5.41, 5.74) is 0.928. The largest absolute Gasteiger partial charge is 0.497 e. The zero-order valence-electron chi connectivity index (χ0n) is 13.8. The van der Waals surface area contributed by atoms with E-state index >= 15 is 0 Å². The quantitative estimate of drug-likeness (QED) is 0.875. The minimum atomic E-state index is -0.802. The van der Waals surface area contributed by atoms with Gasteiger partial charge in [-0.25, -0.2) is 0 Å². The summed E-state index contributed by atoms with van der Waals surface area (Å²) in [6.45, 7) is 2.62. The Morgan fingerprint density at radius 2 is 2.17 bits per heavy atom. The van der Waals surface area contributed by atoms with Crippen LogP contribution in [-0.4, -0.2) is 41.6 Å². The van der Waals surface area contributed by atoms with Crippen LogP contribution in [0.25, 0.3) is 0 Å². The molecule has 1 aliphatic rings. The molecule has 23 heavy (non-hydrogen) atoms. The first-order chi connectivity index (χ1) is 11.0. The van der Waals surface area contributed by atoms with Crippen molar-refractivity contribution in [1.29, 1.82) is 0 Å². The Morgan fingerprint density at radius 1 is 1.39 bits per heavy atom. The second-order valence-corrected chi connectivity index (χ2v) is 6.11. The zero-order valence-corrected chi connectivity index (χ0v) is 13.8. The minimum absolute atomic E-state index is 0.0420. The van der Waals surface area contributed by atoms with Crippen molar-refractivity contribution in [2.45, 2.75) is 51.0 Å². The van der Waals surface area contributed by atoms with E-state index in [1.54, 1.807) is 7.11 Å². The molecule has 1 N–H and O–H groups in total. The first kappa shape index (κ1) is 17.3. The highest BCUT2D eigenvalue weighted by molar-refractivity contribution is 5.84. The van der Waals surface area contributed by atoms with Crippen LogP contribution < -0.4 is 4.74 Å². The van der Waals surface area contributed by atoms with Crippen LogP contribution in [0.2, 0.25) is 0 Å². The van der Waals surface area contributed by atoms with E-state index in [1.807, 2.05) is 36.1 Å². The smallest absolute Gasteiger partial charge is 0.303 e. The monoisotopic (exact) mass is 319 g/mol. The van der Waals surface area contributed by atoms with Crippen LogP contribution in [-0.2, 0) is 9.59 Å². The topological polar surface area (TPSA) is 66.8 Å². The maximum absolute atomic E-state index is 12.9. The average molecular weight is 319 g/mol. The van der Waals surface area contributed by atoms with Crippen LogP contribution in [0.5, 0.6) is 5.75 Å². The number of carbonyl (C=O) groups excluding carboxylic acids is 1. The highest BCUT2D eigenvalue weighted by atomic mass is 16.5. The number of ether oxygens (including phenoxy) is 1. The predicted octanol–water partition coefficient (Wildman–Crippen LogP) is 3.04. The van der Waals surface area contributed by atoms with Crippen molar-refractivity contribution in [1.82, 2.24) is 4.90 Å². The van der Waals surface area contributed by atoms with E-state index in [0.717, 1.165) is 37.1 Å². The van der Waals surface area contributed by atoms with Gasteiger partial charge in [-0.1, -0.05) is 12.1 Å². The molecular weight excluding hydrogens is 294 g/mol. The summed E-state index contributed by atoms with van der Waals surface area (Å²) < 4.78 is 5.23. The molecule has 0 spiro atoms.